The Kier molecular flexibility index (Phi) is 3.55. The van der Waals surface area contributed by atoms with E-state index < -0.39 is 0 Å². The van der Waals surface area contributed by atoms with Crippen LogP contribution in [0.1, 0.15) is 5.69 Å². The van der Waals surface area contributed by atoms with E-state index in [2.05, 4.69) is 30.9 Å². The van der Waals surface area contributed by atoms with Crippen LogP contribution in [-0.4, -0.2) is 29.2 Å². The van der Waals surface area contributed by atoms with Gasteiger partial charge in [0.15, 0.2) is 5.65 Å². The van der Waals surface area contributed by atoms with E-state index in [9.17, 15) is 0 Å². The minimum Gasteiger partial charge on any atom is -0.497 e. The van der Waals surface area contributed by atoms with Crippen molar-refractivity contribution >= 4 is 27.1 Å². The number of hydrogen-bond acceptors (Lipinski definition) is 4. The lowest BCUT2D eigenvalue weighted by Gasteiger charge is -2.08. The molecule has 1 N–H and O–H groups in total. The molecule has 0 saturated carbocycles. The van der Waals surface area contributed by atoms with E-state index in [0.717, 1.165) is 32.7 Å². The number of H-pyrrole nitrogens is 1. The van der Waals surface area contributed by atoms with Crippen LogP contribution in [0.4, 0.5) is 0 Å². The van der Waals surface area contributed by atoms with Crippen LogP contribution in [-0.2, 0) is 0 Å². The standard InChI is InChI=1S/C15H14BrN3O2/c1-8-11(16)7-12-15(17-8)19-14(18-12)10-6-9(20-2)4-5-13(10)21-3/h4-7H,1-3H3,(H,17,18,19). The van der Waals surface area contributed by atoms with Gasteiger partial charge in [0.1, 0.15) is 17.3 Å². The number of hydrogen-bond donors (Lipinski definition) is 1. The molecule has 2 aromatic heterocycles. The average Bonchev–Trinajstić information content (AvgIpc) is 2.89. The highest BCUT2D eigenvalue weighted by Gasteiger charge is 2.13. The van der Waals surface area contributed by atoms with Crippen LogP contribution in [0.2, 0.25) is 0 Å². The summed E-state index contributed by atoms with van der Waals surface area (Å²) in [4.78, 5) is 12.3. The second-order valence-electron chi connectivity index (χ2n) is 4.58. The first-order valence-electron chi connectivity index (χ1n) is 6.37. The minimum absolute atomic E-state index is 0.676. The van der Waals surface area contributed by atoms with Crippen LogP contribution in [0, 0.1) is 6.92 Å². The van der Waals surface area contributed by atoms with E-state index in [-0.39, 0.29) is 0 Å². The SMILES string of the molecule is COc1ccc(OC)c(-c2nc3nc(C)c(Br)cc3[nH]2)c1. The summed E-state index contributed by atoms with van der Waals surface area (Å²) in [6, 6.07) is 7.57. The molecule has 6 heteroatoms. The molecule has 108 valence electrons. The van der Waals surface area contributed by atoms with Crippen molar-refractivity contribution in [3.63, 3.8) is 0 Å². The summed E-state index contributed by atoms with van der Waals surface area (Å²) in [5.41, 5.74) is 3.28. The summed E-state index contributed by atoms with van der Waals surface area (Å²) in [5.74, 6) is 2.17. The van der Waals surface area contributed by atoms with E-state index in [4.69, 9.17) is 9.47 Å². The molecule has 1 aromatic carbocycles. The van der Waals surface area contributed by atoms with Crippen molar-refractivity contribution in [1.82, 2.24) is 15.0 Å². The van der Waals surface area contributed by atoms with Crippen LogP contribution in [0.15, 0.2) is 28.7 Å². The Balaban J connectivity index is 2.20. The molecule has 0 saturated heterocycles. The zero-order valence-electron chi connectivity index (χ0n) is 11.9. The van der Waals surface area contributed by atoms with Gasteiger partial charge in [-0.15, -0.1) is 0 Å². The smallest absolute Gasteiger partial charge is 0.178 e. The van der Waals surface area contributed by atoms with Crippen molar-refractivity contribution in [3.05, 3.63) is 34.4 Å². The van der Waals surface area contributed by atoms with Gasteiger partial charge in [-0.1, -0.05) is 0 Å². The Labute approximate surface area is 130 Å². The Morgan fingerprint density at radius 2 is 1.90 bits per heavy atom. The topological polar surface area (TPSA) is 60.0 Å². The maximum atomic E-state index is 5.40. The first-order chi connectivity index (χ1) is 10.1. The van der Waals surface area contributed by atoms with Gasteiger partial charge >= 0.3 is 0 Å². The fraction of sp³-hybridized carbons (Fsp3) is 0.200. The average molecular weight is 348 g/mol. The van der Waals surface area contributed by atoms with E-state index in [1.54, 1.807) is 14.2 Å². The first-order valence-corrected chi connectivity index (χ1v) is 7.17. The molecule has 0 aliphatic rings. The summed E-state index contributed by atoms with van der Waals surface area (Å²) < 4.78 is 11.6. The van der Waals surface area contributed by atoms with Gasteiger partial charge < -0.3 is 14.5 Å². The quantitative estimate of drug-likeness (QED) is 0.784. The molecule has 0 aliphatic carbocycles. The summed E-state index contributed by atoms with van der Waals surface area (Å²) in [6.07, 6.45) is 0. The van der Waals surface area contributed by atoms with Crippen molar-refractivity contribution in [3.8, 4) is 22.9 Å². The number of aromatic amines is 1. The highest BCUT2D eigenvalue weighted by Crippen LogP contribution is 2.33. The fourth-order valence-corrected chi connectivity index (χ4v) is 2.45. The number of aromatic nitrogens is 3. The molecule has 2 heterocycles. The third-order valence-corrected chi connectivity index (χ3v) is 4.07. The highest BCUT2D eigenvalue weighted by atomic mass is 79.9. The fourth-order valence-electron chi connectivity index (χ4n) is 2.13. The van der Waals surface area contributed by atoms with Gasteiger partial charge in [0.25, 0.3) is 0 Å². The van der Waals surface area contributed by atoms with Crippen LogP contribution in [0.25, 0.3) is 22.6 Å². The molecular formula is C15H14BrN3O2. The molecule has 21 heavy (non-hydrogen) atoms. The second kappa shape index (κ2) is 5.37. The molecule has 0 unspecified atom stereocenters. The normalized spacial score (nSPS) is 10.9. The third-order valence-electron chi connectivity index (χ3n) is 3.26. The Bertz CT molecular complexity index is 775. The summed E-state index contributed by atoms with van der Waals surface area (Å²) in [7, 11) is 3.26. The van der Waals surface area contributed by atoms with Crippen molar-refractivity contribution in [2.75, 3.05) is 14.2 Å². The second-order valence-corrected chi connectivity index (χ2v) is 5.43. The van der Waals surface area contributed by atoms with Crippen molar-refractivity contribution in [2.45, 2.75) is 6.92 Å². The maximum Gasteiger partial charge on any atom is 0.178 e. The van der Waals surface area contributed by atoms with Crippen molar-refractivity contribution in [2.24, 2.45) is 0 Å². The zero-order valence-corrected chi connectivity index (χ0v) is 13.5. The Hall–Kier alpha value is -2.08. The van der Waals surface area contributed by atoms with Gasteiger partial charge in [-0.2, -0.15) is 0 Å². The predicted octanol–water partition coefficient (Wildman–Crippen LogP) is 3.71. The van der Waals surface area contributed by atoms with Gasteiger partial charge in [-0.25, -0.2) is 9.97 Å². The Morgan fingerprint density at radius 1 is 1.10 bits per heavy atom. The monoisotopic (exact) mass is 347 g/mol. The number of fused-ring (bicyclic) bond motifs is 1. The lowest BCUT2D eigenvalue weighted by molar-refractivity contribution is 0.404. The number of nitrogens with one attached hydrogen (secondary N) is 1. The molecule has 3 rings (SSSR count). The number of rotatable bonds is 3. The molecule has 0 fully saturated rings. The van der Waals surface area contributed by atoms with E-state index >= 15 is 0 Å². The van der Waals surface area contributed by atoms with Crippen LogP contribution >= 0.6 is 15.9 Å². The van der Waals surface area contributed by atoms with Gasteiger partial charge in [0.05, 0.1) is 31.0 Å². The van der Waals surface area contributed by atoms with E-state index in [1.165, 1.54) is 0 Å². The van der Waals surface area contributed by atoms with Crippen LogP contribution in [0.5, 0.6) is 11.5 Å². The van der Waals surface area contributed by atoms with E-state index in [0.29, 0.717) is 11.5 Å². The highest BCUT2D eigenvalue weighted by molar-refractivity contribution is 9.10. The Morgan fingerprint density at radius 3 is 2.62 bits per heavy atom. The van der Waals surface area contributed by atoms with E-state index in [1.807, 2.05) is 31.2 Å². The number of pyridine rings is 1. The molecule has 0 atom stereocenters. The maximum absolute atomic E-state index is 5.40. The minimum atomic E-state index is 0.676. The predicted molar refractivity (Wildman–Crippen MR) is 84.9 cm³/mol. The number of benzene rings is 1. The number of imidazole rings is 1. The van der Waals surface area contributed by atoms with Crippen molar-refractivity contribution in [1.29, 1.82) is 0 Å². The molecule has 0 bridgehead atoms. The summed E-state index contributed by atoms with van der Waals surface area (Å²) in [6.45, 7) is 1.93. The number of halogens is 1. The molecule has 0 radical (unpaired) electrons. The number of methoxy groups -OCH3 is 2. The molecule has 0 spiro atoms. The lowest BCUT2D eigenvalue weighted by Crippen LogP contribution is -1.91. The van der Waals surface area contributed by atoms with Gasteiger partial charge in [0.2, 0.25) is 0 Å². The third kappa shape index (κ3) is 2.47. The molecule has 0 amide bonds. The first kappa shape index (κ1) is 13.9. The number of aryl methyl sites for hydroxylation is 1. The number of ether oxygens (including phenoxy) is 2. The molecule has 0 aliphatic heterocycles. The summed E-state index contributed by atoms with van der Waals surface area (Å²) in [5, 5.41) is 0. The van der Waals surface area contributed by atoms with Gasteiger partial charge in [0, 0.05) is 4.47 Å². The largest absolute Gasteiger partial charge is 0.497 e. The molecule has 3 aromatic rings. The van der Waals surface area contributed by atoms with Gasteiger partial charge in [-0.3, -0.25) is 0 Å². The lowest BCUT2D eigenvalue weighted by atomic mass is 10.2. The van der Waals surface area contributed by atoms with Gasteiger partial charge in [-0.05, 0) is 47.1 Å². The molecular weight excluding hydrogens is 334 g/mol. The summed E-state index contributed by atoms with van der Waals surface area (Å²) >= 11 is 3.48. The number of nitrogens with zero attached hydrogens (tertiary/aromatic N) is 2. The van der Waals surface area contributed by atoms with Crippen LogP contribution < -0.4 is 9.47 Å². The molecule has 5 nitrogen and oxygen atoms in total. The zero-order chi connectivity index (χ0) is 15.0. The van der Waals surface area contributed by atoms with Crippen molar-refractivity contribution < 1.29 is 9.47 Å². The van der Waals surface area contributed by atoms with Crippen LogP contribution in [0.3, 0.4) is 0 Å².